The van der Waals surface area contributed by atoms with Gasteiger partial charge in [0.15, 0.2) is 0 Å². The number of thioether (sulfide) groups is 1. The number of carbonyl (C=O) groups excluding carboxylic acids is 1. The minimum absolute atomic E-state index is 0.0339. The van der Waals surface area contributed by atoms with Crippen LogP contribution in [0.5, 0.6) is 0 Å². The number of benzene rings is 1. The number of aromatic carboxylic acids is 1. The van der Waals surface area contributed by atoms with E-state index < -0.39 is 5.97 Å². The molecule has 132 valence electrons. The normalized spacial score (nSPS) is 16.2. The number of hydrogen-bond donors (Lipinski definition) is 1. The molecule has 5 nitrogen and oxygen atoms in total. The molecule has 1 amide bonds. The zero-order valence-electron chi connectivity index (χ0n) is 14.3. The van der Waals surface area contributed by atoms with Crippen LogP contribution >= 0.6 is 11.8 Å². The summed E-state index contributed by atoms with van der Waals surface area (Å²) in [7, 11) is 0. The fourth-order valence-corrected chi connectivity index (χ4v) is 4.01. The summed E-state index contributed by atoms with van der Waals surface area (Å²) in [6, 6.07) is 8.90. The lowest BCUT2D eigenvalue weighted by Gasteiger charge is -2.21. The maximum Gasteiger partial charge on any atom is 0.339 e. The second kappa shape index (κ2) is 6.96. The molecule has 1 aliphatic rings. The molecular weight excluding hydrogens is 338 g/mol. The molecule has 0 unspecified atom stereocenters. The fourth-order valence-electron chi connectivity index (χ4n) is 3.01. The topological polar surface area (TPSA) is 70.8 Å². The molecule has 2 heterocycles. The Morgan fingerprint density at radius 3 is 2.68 bits per heavy atom. The minimum Gasteiger partial charge on any atom is -0.478 e. The number of nitrogens with zero attached hydrogens (tertiary/aromatic N) is 1. The third-order valence-electron chi connectivity index (χ3n) is 4.42. The van der Waals surface area contributed by atoms with E-state index in [9.17, 15) is 9.59 Å². The molecule has 1 fully saturated rings. The van der Waals surface area contributed by atoms with Gasteiger partial charge in [-0.3, -0.25) is 4.79 Å². The lowest BCUT2D eigenvalue weighted by Crippen LogP contribution is -2.30. The van der Waals surface area contributed by atoms with Gasteiger partial charge in [-0.15, -0.1) is 11.8 Å². The molecule has 0 atom stereocenters. The average molecular weight is 359 g/mol. The van der Waals surface area contributed by atoms with Crippen LogP contribution in [0.1, 0.15) is 46.7 Å². The van der Waals surface area contributed by atoms with E-state index in [4.69, 9.17) is 9.52 Å². The van der Waals surface area contributed by atoms with Crippen molar-refractivity contribution >= 4 is 23.6 Å². The van der Waals surface area contributed by atoms with Gasteiger partial charge in [-0.2, -0.15) is 0 Å². The summed E-state index contributed by atoms with van der Waals surface area (Å²) >= 11 is 1.42. The average Bonchev–Trinajstić information content (AvgIpc) is 3.18. The predicted molar refractivity (Wildman–Crippen MR) is 96.0 cm³/mol. The van der Waals surface area contributed by atoms with Gasteiger partial charge >= 0.3 is 5.97 Å². The first kappa shape index (κ1) is 17.6. The zero-order chi connectivity index (χ0) is 18.0. The molecule has 1 saturated heterocycles. The fraction of sp³-hybridized carbons (Fsp3) is 0.368. The van der Waals surface area contributed by atoms with E-state index in [2.05, 4.69) is 13.8 Å². The molecule has 6 heteroatoms. The van der Waals surface area contributed by atoms with E-state index in [0.717, 1.165) is 24.4 Å². The maximum absolute atomic E-state index is 12.9. The first-order chi connectivity index (χ1) is 11.9. The van der Waals surface area contributed by atoms with Crippen molar-refractivity contribution < 1.29 is 19.1 Å². The third kappa shape index (κ3) is 3.90. The Morgan fingerprint density at radius 1 is 1.24 bits per heavy atom. The van der Waals surface area contributed by atoms with Crippen LogP contribution in [0, 0.1) is 5.41 Å². The number of carbonyl (C=O) groups is 2. The van der Waals surface area contributed by atoms with Gasteiger partial charge in [0.2, 0.25) is 0 Å². The molecule has 1 N–H and O–H groups in total. The highest BCUT2D eigenvalue weighted by Gasteiger charge is 2.33. The quantitative estimate of drug-likeness (QED) is 0.812. The maximum atomic E-state index is 12.9. The molecule has 0 radical (unpaired) electrons. The summed E-state index contributed by atoms with van der Waals surface area (Å²) in [5.41, 5.74) is 0.980. The molecule has 0 bridgehead atoms. The van der Waals surface area contributed by atoms with Crippen molar-refractivity contribution in [2.45, 2.75) is 30.9 Å². The Morgan fingerprint density at radius 2 is 2.00 bits per heavy atom. The summed E-state index contributed by atoms with van der Waals surface area (Å²) in [5.74, 6) is -0.202. The summed E-state index contributed by atoms with van der Waals surface area (Å²) < 4.78 is 5.28. The van der Waals surface area contributed by atoms with E-state index in [0.29, 0.717) is 17.1 Å². The van der Waals surface area contributed by atoms with E-state index in [1.807, 2.05) is 29.2 Å². The highest BCUT2D eigenvalue weighted by atomic mass is 32.2. The van der Waals surface area contributed by atoms with Gasteiger partial charge in [-0.1, -0.05) is 26.0 Å². The van der Waals surface area contributed by atoms with Gasteiger partial charge in [0.05, 0.1) is 17.6 Å². The number of hydrogen-bond acceptors (Lipinski definition) is 4. The smallest absolute Gasteiger partial charge is 0.339 e. The largest absolute Gasteiger partial charge is 0.478 e. The van der Waals surface area contributed by atoms with Crippen molar-refractivity contribution in [1.82, 2.24) is 4.90 Å². The Kier molecular flexibility index (Phi) is 4.90. The molecule has 25 heavy (non-hydrogen) atoms. The number of rotatable bonds is 5. The molecule has 2 aromatic rings. The van der Waals surface area contributed by atoms with Crippen molar-refractivity contribution in [2.75, 3.05) is 13.1 Å². The standard InChI is InChI=1S/C19H21NO4S/c1-19(2)8-9-20(12-19)17(21)14-5-3-4-6-16(14)25-11-15-13(18(22)23)7-10-24-15/h3-7,10H,8-9,11-12H2,1-2H3,(H,22,23). The third-order valence-corrected chi connectivity index (χ3v) is 5.49. The van der Waals surface area contributed by atoms with Gasteiger partial charge < -0.3 is 14.4 Å². The van der Waals surface area contributed by atoms with Gasteiger partial charge in [0, 0.05) is 18.0 Å². The Balaban J connectivity index is 1.76. The Hall–Kier alpha value is -2.21. The van der Waals surface area contributed by atoms with Crippen LogP contribution in [0.4, 0.5) is 0 Å². The molecule has 0 spiro atoms. The first-order valence-corrected chi connectivity index (χ1v) is 9.17. The van der Waals surface area contributed by atoms with Gasteiger partial charge in [0.1, 0.15) is 11.3 Å². The van der Waals surface area contributed by atoms with E-state index in [1.54, 1.807) is 0 Å². The second-order valence-corrected chi connectivity index (χ2v) is 8.01. The van der Waals surface area contributed by atoms with Crippen molar-refractivity contribution in [3.63, 3.8) is 0 Å². The molecular formula is C19H21NO4S. The SMILES string of the molecule is CC1(C)CCN(C(=O)c2ccccc2SCc2occc2C(=O)O)C1. The Labute approximate surface area is 151 Å². The summed E-state index contributed by atoms with van der Waals surface area (Å²) in [4.78, 5) is 26.8. The van der Waals surface area contributed by atoms with Gasteiger partial charge in [0.25, 0.3) is 5.91 Å². The number of carboxylic acid groups (broad SMARTS) is 1. The van der Waals surface area contributed by atoms with Crippen LogP contribution in [0.2, 0.25) is 0 Å². The Bertz CT molecular complexity index is 796. The number of amides is 1. The zero-order valence-corrected chi connectivity index (χ0v) is 15.1. The molecule has 1 aromatic carbocycles. The highest BCUT2D eigenvalue weighted by Crippen LogP contribution is 2.33. The molecule has 0 aliphatic carbocycles. The molecule has 0 saturated carbocycles. The molecule has 3 rings (SSSR count). The van der Waals surface area contributed by atoms with Crippen LogP contribution in [0.25, 0.3) is 0 Å². The van der Waals surface area contributed by atoms with Crippen molar-refractivity contribution in [3.8, 4) is 0 Å². The van der Waals surface area contributed by atoms with Crippen LogP contribution < -0.4 is 0 Å². The van der Waals surface area contributed by atoms with E-state index in [-0.39, 0.29) is 16.9 Å². The van der Waals surface area contributed by atoms with Crippen LogP contribution in [0.3, 0.4) is 0 Å². The highest BCUT2D eigenvalue weighted by molar-refractivity contribution is 7.98. The van der Waals surface area contributed by atoms with Crippen molar-refractivity contribution in [1.29, 1.82) is 0 Å². The van der Waals surface area contributed by atoms with Crippen LogP contribution in [0.15, 0.2) is 45.9 Å². The van der Waals surface area contributed by atoms with Crippen molar-refractivity contribution in [2.24, 2.45) is 5.41 Å². The second-order valence-electron chi connectivity index (χ2n) is 6.99. The lowest BCUT2D eigenvalue weighted by atomic mass is 9.93. The minimum atomic E-state index is -1.01. The monoisotopic (exact) mass is 359 g/mol. The summed E-state index contributed by atoms with van der Waals surface area (Å²) in [6.07, 6.45) is 2.38. The predicted octanol–water partition coefficient (Wildman–Crippen LogP) is 4.14. The lowest BCUT2D eigenvalue weighted by molar-refractivity contribution is 0.0694. The van der Waals surface area contributed by atoms with Gasteiger partial charge in [-0.25, -0.2) is 4.79 Å². The molecule has 1 aliphatic heterocycles. The molecule has 1 aromatic heterocycles. The first-order valence-electron chi connectivity index (χ1n) is 8.18. The van der Waals surface area contributed by atoms with E-state index >= 15 is 0 Å². The van der Waals surface area contributed by atoms with Crippen molar-refractivity contribution in [3.05, 3.63) is 53.5 Å². The number of furan rings is 1. The number of carboxylic acids is 1. The van der Waals surface area contributed by atoms with Crippen LogP contribution in [-0.2, 0) is 5.75 Å². The van der Waals surface area contributed by atoms with Crippen LogP contribution in [-0.4, -0.2) is 35.0 Å². The van der Waals surface area contributed by atoms with E-state index in [1.165, 1.54) is 24.1 Å². The number of likely N-dealkylation sites (tertiary alicyclic amines) is 1. The summed E-state index contributed by atoms with van der Waals surface area (Å²) in [5, 5.41) is 9.16. The van der Waals surface area contributed by atoms with Gasteiger partial charge in [-0.05, 0) is 30.0 Å². The summed E-state index contributed by atoms with van der Waals surface area (Å²) in [6.45, 7) is 5.87.